The molecular formula is C17H26ClFN2O2. The molecule has 0 aliphatic heterocycles. The van der Waals surface area contributed by atoms with Crippen LogP contribution in [-0.4, -0.2) is 36.0 Å². The van der Waals surface area contributed by atoms with Crippen LogP contribution in [0.25, 0.3) is 0 Å². The van der Waals surface area contributed by atoms with Crippen molar-refractivity contribution in [3.05, 3.63) is 41.7 Å². The van der Waals surface area contributed by atoms with E-state index in [1.807, 2.05) is 32.6 Å². The summed E-state index contributed by atoms with van der Waals surface area (Å²) in [6, 6.07) is 6.97. The van der Waals surface area contributed by atoms with Gasteiger partial charge in [0.05, 0.1) is 0 Å². The van der Waals surface area contributed by atoms with Gasteiger partial charge < -0.3 is 15.4 Å². The Kier molecular flexibility index (Phi) is 9.53. The van der Waals surface area contributed by atoms with Crippen molar-refractivity contribution < 1.29 is 13.9 Å². The lowest BCUT2D eigenvalue weighted by Crippen LogP contribution is -2.42. The summed E-state index contributed by atoms with van der Waals surface area (Å²) >= 11 is 0. The van der Waals surface area contributed by atoms with Crippen LogP contribution in [0.15, 0.2) is 36.2 Å². The van der Waals surface area contributed by atoms with E-state index in [4.69, 9.17) is 10.5 Å². The molecule has 130 valence electrons. The summed E-state index contributed by atoms with van der Waals surface area (Å²) in [4.78, 5) is 14.3. The lowest BCUT2D eigenvalue weighted by Gasteiger charge is -2.30. The predicted molar refractivity (Wildman–Crippen MR) is 93.9 cm³/mol. The predicted octanol–water partition coefficient (Wildman–Crippen LogP) is 3.56. The van der Waals surface area contributed by atoms with Crippen molar-refractivity contribution >= 4 is 18.3 Å². The largest absolute Gasteiger partial charge is 0.487 e. The lowest BCUT2D eigenvalue weighted by atomic mass is 10.1. The number of hydrogen-bond donors (Lipinski definition) is 1. The van der Waals surface area contributed by atoms with E-state index in [2.05, 4.69) is 0 Å². The van der Waals surface area contributed by atoms with Crippen molar-refractivity contribution in [3.63, 3.8) is 0 Å². The first-order chi connectivity index (χ1) is 10.4. The standard InChI is InChI=1S/C17H25FN2O2.ClH/c1-12(2)20(13(3)4)17(21)14-5-7-16(8-6-14)22-11-15(18)9-10-19;/h5-9,12-13H,10-11,19H2,1-4H3;1H/b15-9-;. The number of rotatable bonds is 7. The maximum Gasteiger partial charge on any atom is 0.254 e. The van der Waals surface area contributed by atoms with Crippen LogP contribution in [0.1, 0.15) is 38.1 Å². The Bertz CT molecular complexity index is 508. The van der Waals surface area contributed by atoms with E-state index in [0.29, 0.717) is 11.3 Å². The van der Waals surface area contributed by atoms with Gasteiger partial charge in [-0.15, -0.1) is 12.4 Å². The first kappa shape index (κ1) is 21.4. The first-order valence-corrected chi connectivity index (χ1v) is 7.47. The van der Waals surface area contributed by atoms with Gasteiger partial charge in [0.2, 0.25) is 0 Å². The van der Waals surface area contributed by atoms with Gasteiger partial charge in [-0.25, -0.2) is 4.39 Å². The monoisotopic (exact) mass is 344 g/mol. The number of ether oxygens (including phenoxy) is 1. The normalized spacial score (nSPS) is 11.4. The molecule has 0 fully saturated rings. The number of benzene rings is 1. The van der Waals surface area contributed by atoms with Crippen LogP contribution >= 0.6 is 12.4 Å². The topological polar surface area (TPSA) is 55.6 Å². The molecule has 0 aromatic heterocycles. The number of hydrogen-bond acceptors (Lipinski definition) is 3. The van der Waals surface area contributed by atoms with Gasteiger partial charge >= 0.3 is 0 Å². The highest BCUT2D eigenvalue weighted by atomic mass is 35.5. The fourth-order valence-corrected chi connectivity index (χ4v) is 2.25. The van der Waals surface area contributed by atoms with Gasteiger partial charge in [-0.05, 0) is 58.0 Å². The Morgan fingerprint density at radius 2 is 1.74 bits per heavy atom. The molecule has 0 atom stereocenters. The number of amides is 1. The zero-order valence-electron chi connectivity index (χ0n) is 14.1. The van der Waals surface area contributed by atoms with Gasteiger partial charge in [0.1, 0.15) is 18.2 Å². The van der Waals surface area contributed by atoms with E-state index in [-0.39, 0.29) is 43.5 Å². The van der Waals surface area contributed by atoms with E-state index >= 15 is 0 Å². The second-order valence-corrected chi connectivity index (χ2v) is 5.60. The molecule has 0 heterocycles. The second kappa shape index (κ2) is 10.2. The minimum atomic E-state index is -0.409. The average Bonchev–Trinajstić information content (AvgIpc) is 2.45. The summed E-state index contributed by atoms with van der Waals surface area (Å²) in [7, 11) is 0. The Morgan fingerprint density at radius 3 is 2.17 bits per heavy atom. The molecular weight excluding hydrogens is 319 g/mol. The fraction of sp³-hybridized carbons (Fsp3) is 0.471. The van der Waals surface area contributed by atoms with Crippen LogP contribution in [-0.2, 0) is 0 Å². The third kappa shape index (κ3) is 6.59. The van der Waals surface area contributed by atoms with Crippen molar-refractivity contribution in [2.45, 2.75) is 39.8 Å². The molecule has 4 nitrogen and oxygen atoms in total. The average molecular weight is 345 g/mol. The Labute approximate surface area is 143 Å². The molecule has 0 aliphatic rings. The van der Waals surface area contributed by atoms with Crippen molar-refractivity contribution in [2.24, 2.45) is 5.73 Å². The Balaban J connectivity index is 0.00000484. The lowest BCUT2D eigenvalue weighted by molar-refractivity contribution is 0.0643. The molecule has 6 heteroatoms. The molecule has 0 unspecified atom stereocenters. The van der Waals surface area contributed by atoms with Gasteiger partial charge in [0.25, 0.3) is 5.91 Å². The third-order valence-corrected chi connectivity index (χ3v) is 3.16. The van der Waals surface area contributed by atoms with Crippen molar-refractivity contribution in [1.29, 1.82) is 0 Å². The second-order valence-electron chi connectivity index (χ2n) is 5.60. The minimum absolute atomic E-state index is 0. The Morgan fingerprint density at radius 1 is 1.22 bits per heavy atom. The highest BCUT2D eigenvalue weighted by molar-refractivity contribution is 5.94. The van der Waals surface area contributed by atoms with Crippen LogP contribution in [0, 0.1) is 0 Å². The molecule has 0 aliphatic carbocycles. The molecule has 1 amide bonds. The number of carbonyl (C=O) groups excluding carboxylic acids is 1. The highest BCUT2D eigenvalue weighted by Gasteiger charge is 2.21. The molecule has 0 bridgehead atoms. The van der Waals surface area contributed by atoms with E-state index in [0.717, 1.165) is 0 Å². The zero-order valence-corrected chi connectivity index (χ0v) is 14.9. The summed E-state index contributed by atoms with van der Waals surface area (Å²) in [5.74, 6) is 0.0805. The third-order valence-electron chi connectivity index (χ3n) is 3.16. The molecule has 1 aromatic carbocycles. The number of carbonyl (C=O) groups is 1. The molecule has 1 rings (SSSR count). The van der Waals surface area contributed by atoms with Gasteiger partial charge in [-0.1, -0.05) is 0 Å². The SMILES string of the molecule is CC(C)N(C(=O)c1ccc(OC/C(F)=C/CN)cc1)C(C)C.Cl. The van der Waals surface area contributed by atoms with Crippen molar-refractivity contribution in [1.82, 2.24) is 4.90 Å². The summed E-state index contributed by atoms with van der Waals surface area (Å²) in [6.07, 6.45) is 1.26. The van der Waals surface area contributed by atoms with E-state index in [1.165, 1.54) is 6.08 Å². The molecule has 0 spiro atoms. The quantitative estimate of drug-likeness (QED) is 0.822. The summed E-state index contributed by atoms with van der Waals surface area (Å²) in [5, 5.41) is 0. The minimum Gasteiger partial charge on any atom is -0.487 e. The van der Waals surface area contributed by atoms with Crippen LogP contribution in [0.2, 0.25) is 0 Å². The van der Waals surface area contributed by atoms with Crippen LogP contribution in [0.3, 0.4) is 0 Å². The maximum absolute atomic E-state index is 13.2. The van der Waals surface area contributed by atoms with E-state index in [1.54, 1.807) is 24.3 Å². The fourth-order valence-electron chi connectivity index (χ4n) is 2.25. The summed E-state index contributed by atoms with van der Waals surface area (Å²) < 4.78 is 18.5. The van der Waals surface area contributed by atoms with E-state index < -0.39 is 5.83 Å². The van der Waals surface area contributed by atoms with E-state index in [9.17, 15) is 9.18 Å². The van der Waals surface area contributed by atoms with Crippen molar-refractivity contribution in [3.8, 4) is 5.75 Å². The molecule has 0 saturated carbocycles. The first-order valence-electron chi connectivity index (χ1n) is 7.47. The van der Waals surface area contributed by atoms with Gasteiger partial charge in [0.15, 0.2) is 0 Å². The molecule has 2 N–H and O–H groups in total. The summed E-state index contributed by atoms with van der Waals surface area (Å²) in [6.45, 7) is 7.94. The van der Waals surface area contributed by atoms with Gasteiger partial charge in [-0.3, -0.25) is 4.79 Å². The number of nitrogens with zero attached hydrogens (tertiary/aromatic N) is 1. The van der Waals surface area contributed by atoms with Crippen LogP contribution in [0.5, 0.6) is 5.75 Å². The number of halogens is 2. The maximum atomic E-state index is 13.2. The molecule has 23 heavy (non-hydrogen) atoms. The van der Waals surface area contributed by atoms with Crippen molar-refractivity contribution in [2.75, 3.05) is 13.2 Å². The Hall–Kier alpha value is -1.59. The van der Waals surface area contributed by atoms with Gasteiger partial charge in [-0.2, -0.15) is 0 Å². The molecule has 0 radical (unpaired) electrons. The van der Waals surface area contributed by atoms with Crippen LogP contribution < -0.4 is 10.5 Å². The summed E-state index contributed by atoms with van der Waals surface area (Å²) in [5.41, 5.74) is 5.80. The highest BCUT2D eigenvalue weighted by Crippen LogP contribution is 2.17. The molecule has 0 saturated heterocycles. The van der Waals surface area contributed by atoms with Gasteiger partial charge in [0, 0.05) is 24.2 Å². The molecule has 1 aromatic rings. The number of nitrogens with two attached hydrogens (primary N) is 1. The smallest absolute Gasteiger partial charge is 0.254 e. The zero-order chi connectivity index (χ0) is 16.7. The van der Waals surface area contributed by atoms with Crippen LogP contribution in [0.4, 0.5) is 4.39 Å².